The van der Waals surface area contributed by atoms with Crippen molar-refractivity contribution in [2.75, 3.05) is 0 Å². The molecule has 0 fully saturated rings. The molecule has 0 spiro atoms. The minimum atomic E-state index is 0.0598. The quantitative estimate of drug-likeness (QED) is 0.641. The molecule has 0 aliphatic heterocycles. The van der Waals surface area contributed by atoms with Crippen LogP contribution in [0.25, 0.3) is 0 Å². The molecule has 0 saturated heterocycles. The molecule has 3 N–H and O–H groups in total. The zero-order chi connectivity index (χ0) is 12.3. The van der Waals surface area contributed by atoms with Crippen molar-refractivity contribution in [3.05, 3.63) is 45.7 Å². The van der Waals surface area contributed by atoms with Crippen LogP contribution >= 0.6 is 11.3 Å². The summed E-state index contributed by atoms with van der Waals surface area (Å²) in [6.07, 6.45) is 2.64. The molecule has 1 unspecified atom stereocenters. The van der Waals surface area contributed by atoms with Crippen LogP contribution in [0.4, 0.5) is 0 Å². The van der Waals surface area contributed by atoms with Crippen LogP contribution in [-0.4, -0.2) is 9.97 Å². The number of hydrogen-bond acceptors (Lipinski definition) is 5. The SMILES string of the molecule is Cc1ccc(C(Cc2csc(C)n2)NN)cn1. The second-order valence-electron chi connectivity index (χ2n) is 4.01. The van der Waals surface area contributed by atoms with Gasteiger partial charge in [-0.1, -0.05) is 6.07 Å². The van der Waals surface area contributed by atoms with Crippen LogP contribution in [0, 0.1) is 13.8 Å². The van der Waals surface area contributed by atoms with Gasteiger partial charge in [0, 0.05) is 23.7 Å². The number of hydrogen-bond donors (Lipinski definition) is 2. The van der Waals surface area contributed by atoms with Crippen LogP contribution in [0.15, 0.2) is 23.7 Å². The molecule has 1 atom stereocenters. The molecule has 4 nitrogen and oxygen atoms in total. The van der Waals surface area contributed by atoms with Gasteiger partial charge in [-0.2, -0.15) is 0 Å². The maximum Gasteiger partial charge on any atom is 0.0897 e. The Bertz CT molecular complexity index is 478. The van der Waals surface area contributed by atoms with Crippen LogP contribution in [0.1, 0.15) is 28.0 Å². The topological polar surface area (TPSA) is 63.8 Å². The van der Waals surface area contributed by atoms with E-state index in [1.54, 1.807) is 11.3 Å². The normalized spacial score (nSPS) is 12.6. The largest absolute Gasteiger partial charge is 0.271 e. The number of nitrogens with one attached hydrogen (secondary N) is 1. The predicted molar refractivity (Wildman–Crippen MR) is 69.6 cm³/mol. The maximum atomic E-state index is 5.60. The zero-order valence-electron chi connectivity index (χ0n) is 9.97. The van der Waals surface area contributed by atoms with E-state index >= 15 is 0 Å². The third-order valence-electron chi connectivity index (χ3n) is 2.62. The Hall–Kier alpha value is -1.30. The van der Waals surface area contributed by atoms with E-state index in [9.17, 15) is 0 Å². The summed E-state index contributed by atoms with van der Waals surface area (Å²) in [6, 6.07) is 4.10. The van der Waals surface area contributed by atoms with Gasteiger partial charge in [-0.25, -0.2) is 4.98 Å². The monoisotopic (exact) mass is 248 g/mol. The summed E-state index contributed by atoms with van der Waals surface area (Å²) in [7, 11) is 0. The van der Waals surface area contributed by atoms with Crippen LogP contribution in [0.5, 0.6) is 0 Å². The Labute approximate surface area is 105 Å². The summed E-state index contributed by atoms with van der Waals surface area (Å²) in [4.78, 5) is 8.73. The lowest BCUT2D eigenvalue weighted by atomic mass is 10.0. The smallest absolute Gasteiger partial charge is 0.0897 e. The minimum Gasteiger partial charge on any atom is -0.271 e. The van der Waals surface area contributed by atoms with Gasteiger partial charge in [-0.15, -0.1) is 11.3 Å². The van der Waals surface area contributed by atoms with Gasteiger partial charge in [-0.3, -0.25) is 16.3 Å². The van der Waals surface area contributed by atoms with Crippen molar-refractivity contribution in [1.82, 2.24) is 15.4 Å². The van der Waals surface area contributed by atoms with Crippen molar-refractivity contribution >= 4 is 11.3 Å². The van der Waals surface area contributed by atoms with Gasteiger partial charge in [0.15, 0.2) is 0 Å². The Morgan fingerprint density at radius 1 is 1.41 bits per heavy atom. The van der Waals surface area contributed by atoms with E-state index < -0.39 is 0 Å². The van der Waals surface area contributed by atoms with E-state index in [0.717, 1.165) is 28.4 Å². The van der Waals surface area contributed by atoms with Crippen LogP contribution in [0.2, 0.25) is 0 Å². The molecule has 2 rings (SSSR count). The molecule has 5 heteroatoms. The van der Waals surface area contributed by atoms with E-state index in [0.29, 0.717) is 0 Å². The molecule has 17 heavy (non-hydrogen) atoms. The van der Waals surface area contributed by atoms with Crippen molar-refractivity contribution in [2.24, 2.45) is 5.84 Å². The van der Waals surface area contributed by atoms with E-state index in [1.165, 1.54) is 0 Å². The lowest BCUT2D eigenvalue weighted by Crippen LogP contribution is -2.29. The Morgan fingerprint density at radius 3 is 2.76 bits per heavy atom. The summed E-state index contributed by atoms with van der Waals surface area (Å²) < 4.78 is 0. The molecule has 2 aromatic heterocycles. The highest BCUT2D eigenvalue weighted by Gasteiger charge is 2.12. The summed E-state index contributed by atoms with van der Waals surface area (Å²) in [5.41, 5.74) is 5.98. The molecule has 0 radical (unpaired) electrons. The first-order valence-electron chi connectivity index (χ1n) is 5.48. The second kappa shape index (κ2) is 5.35. The molecule has 2 aromatic rings. The van der Waals surface area contributed by atoms with E-state index in [4.69, 9.17) is 5.84 Å². The van der Waals surface area contributed by atoms with Crippen molar-refractivity contribution in [2.45, 2.75) is 26.3 Å². The fraction of sp³-hybridized carbons (Fsp3) is 0.333. The van der Waals surface area contributed by atoms with Gasteiger partial charge in [0.2, 0.25) is 0 Å². The summed E-state index contributed by atoms with van der Waals surface area (Å²) in [5.74, 6) is 5.60. The molecule has 0 bridgehead atoms. The predicted octanol–water partition coefficient (Wildman–Crippen LogP) is 1.90. The number of nitrogens with zero attached hydrogens (tertiary/aromatic N) is 2. The first-order chi connectivity index (χ1) is 8.19. The number of hydrazine groups is 1. The van der Waals surface area contributed by atoms with Gasteiger partial charge in [0.25, 0.3) is 0 Å². The highest BCUT2D eigenvalue weighted by atomic mass is 32.1. The van der Waals surface area contributed by atoms with Crippen LogP contribution in [-0.2, 0) is 6.42 Å². The van der Waals surface area contributed by atoms with Gasteiger partial charge in [0.05, 0.1) is 16.7 Å². The average molecular weight is 248 g/mol. The van der Waals surface area contributed by atoms with Crippen molar-refractivity contribution in [3.63, 3.8) is 0 Å². The summed E-state index contributed by atoms with van der Waals surface area (Å²) in [6.45, 7) is 3.98. The second-order valence-corrected chi connectivity index (χ2v) is 5.08. The van der Waals surface area contributed by atoms with Gasteiger partial charge in [-0.05, 0) is 25.5 Å². The fourth-order valence-corrected chi connectivity index (χ4v) is 2.29. The Morgan fingerprint density at radius 2 is 2.24 bits per heavy atom. The highest BCUT2D eigenvalue weighted by Crippen LogP contribution is 2.18. The van der Waals surface area contributed by atoms with E-state index in [1.807, 2.05) is 32.2 Å². The molecule has 0 aliphatic rings. The molecule has 0 amide bonds. The maximum absolute atomic E-state index is 5.60. The molecule has 2 heterocycles. The first-order valence-corrected chi connectivity index (χ1v) is 6.36. The highest BCUT2D eigenvalue weighted by molar-refractivity contribution is 7.09. The minimum absolute atomic E-state index is 0.0598. The number of pyridine rings is 1. The summed E-state index contributed by atoms with van der Waals surface area (Å²) in [5, 5.41) is 3.15. The number of aromatic nitrogens is 2. The van der Waals surface area contributed by atoms with Crippen molar-refractivity contribution in [1.29, 1.82) is 0 Å². The summed E-state index contributed by atoms with van der Waals surface area (Å²) >= 11 is 1.66. The van der Waals surface area contributed by atoms with E-state index in [-0.39, 0.29) is 6.04 Å². The Kier molecular flexibility index (Phi) is 3.83. The third-order valence-corrected chi connectivity index (χ3v) is 3.44. The van der Waals surface area contributed by atoms with Crippen LogP contribution in [0.3, 0.4) is 0 Å². The molecule has 0 saturated carbocycles. The molecule has 90 valence electrons. The lowest BCUT2D eigenvalue weighted by molar-refractivity contribution is 0.545. The lowest BCUT2D eigenvalue weighted by Gasteiger charge is -2.14. The molecular weight excluding hydrogens is 232 g/mol. The number of thiazole rings is 1. The molecular formula is C12H16N4S. The average Bonchev–Trinajstić information content (AvgIpc) is 2.73. The third kappa shape index (κ3) is 3.09. The zero-order valence-corrected chi connectivity index (χ0v) is 10.8. The van der Waals surface area contributed by atoms with Gasteiger partial charge in [0.1, 0.15) is 0 Å². The van der Waals surface area contributed by atoms with Crippen LogP contribution < -0.4 is 11.3 Å². The van der Waals surface area contributed by atoms with Gasteiger partial charge < -0.3 is 0 Å². The first kappa shape index (κ1) is 12.2. The molecule has 0 aliphatic carbocycles. The number of rotatable bonds is 4. The molecule has 0 aromatic carbocycles. The number of aryl methyl sites for hydroxylation is 2. The fourth-order valence-electron chi connectivity index (χ4n) is 1.67. The Balaban J connectivity index is 2.13. The van der Waals surface area contributed by atoms with Crippen molar-refractivity contribution < 1.29 is 0 Å². The van der Waals surface area contributed by atoms with Crippen molar-refractivity contribution in [3.8, 4) is 0 Å². The number of nitrogens with two attached hydrogens (primary N) is 1. The van der Waals surface area contributed by atoms with Gasteiger partial charge >= 0.3 is 0 Å². The van der Waals surface area contributed by atoms with E-state index in [2.05, 4.69) is 20.8 Å². The standard InChI is InChI=1S/C12H16N4S/c1-8-3-4-10(6-14-8)12(16-13)5-11-7-17-9(2)15-11/h3-4,6-7,12,16H,5,13H2,1-2H3.